The van der Waals surface area contributed by atoms with Crippen LogP contribution in [0.25, 0.3) is 0 Å². The van der Waals surface area contributed by atoms with Gasteiger partial charge in [-0.2, -0.15) is 4.31 Å². The molecule has 2 heterocycles. The summed E-state index contributed by atoms with van der Waals surface area (Å²) in [6.07, 6.45) is 4.80. The molecule has 2 aliphatic heterocycles. The summed E-state index contributed by atoms with van der Waals surface area (Å²) in [4.78, 5) is 14.9. The first-order chi connectivity index (χ1) is 11.5. The van der Waals surface area contributed by atoms with Crippen LogP contribution in [0.3, 0.4) is 0 Å². The number of likely N-dealkylation sites (tertiary alicyclic amines) is 1. The summed E-state index contributed by atoms with van der Waals surface area (Å²) in [5, 5.41) is 0. The largest absolute Gasteiger partial charge is 0.342 e. The van der Waals surface area contributed by atoms with Crippen molar-refractivity contribution in [3.63, 3.8) is 0 Å². The molecule has 5 nitrogen and oxygen atoms in total. The molecule has 0 N–H and O–H groups in total. The van der Waals surface area contributed by atoms with Gasteiger partial charge in [0.15, 0.2) is 0 Å². The summed E-state index contributed by atoms with van der Waals surface area (Å²) in [5.41, 5.74) is 0. The van der Waals surface area contributed by atoms with E-state index in [0.29, 0.717) is 13.1 Å². The van der Waals surface area contributed by atoms with Crippen LogP contribution < -0.4 is 0 Å². The normalized spacial score (nSPS) is 23.2. The second kappa shape index (κ2) is 7.54. The summed E-state index contributed by atoms with van der Waals surface area (Å²) in [6.45, 7) is 2.41. The Hall–Kier alpha value is -0.920. The maximum atomic E-state index is 12.9. The lowest BCUT2D eigenvalue weighted by molar-refractivity contribution is -0.137. The Labute approximate surface area is 152 Å². The van der Waals surface area contributed by atoms with Crippen LogP contribution in [0.2, 0.25) is 0 Å². The molecule has 132 valence electrons. The molecule has 2 aliphatic rings. The Morgan fingerprint density at radius 2 is 1.83 bits per heavy atom. The number of amides is 1. The van der Waals surface area contributed by atoms with Gasteiger partial charge in [-0.25, -0.2) is 8.42 Å². The minimum Gasteiger partial charge on any atom is -0.342 e. The van der Waals surface area contributed by atoms with Crippen molar-refractivity contribution in [1.82, 2.24) is 9.21 Å². The summed E-state index contributed by atoms with van der Waals surface area (Å²) in [5.74, 6) is -0.0809. The van der Waals surface area contributed by atoms with Gasteiger partial charge in [0.1, 0.15) is 0 Å². The van der Waals surface area contributed by atoms with Gasteiger partial charge in [-0.3, -0.25) is 4.79 Å². The molecule has 2 fully saturated rings. The number of carbonyl (C=O) groups excluding carboxylic acids is 1. The highest BCUT2D eigenvalue weighted by molar-refractivity contribution is 9.10. The number of rotatable bonds is 3. The zero-order valence-corrected chi connectivity index (χ0v) is 16.1. The third-order valence-corrected chi connectivity index (χ3v) is 7.19. The number of carbonyl (C=O) groups is 1. The van der Waals surface area contributed by atoms with Crippen molar-refractivity contribution in [2.45, 2.75) is 37.0 Å². The first-order valence-electron chi connectivity index (χ1n) is 8.53. The van der Waals surface area contributed by atoms with Crippen molar-refractivity contribution in [2.75, 3.05) is 26.2 Å². The summed E-state index contributed by atoms with van der Waals surface area (Å²) < 4.78 is 27.9. The SMILES string of the molecule is O=C(C1CCCN(S(=O)(=O)c2cccc(Br)c2)C1)N1CCCCC1. The van der Waals surface area contributed by atoms with E-state index in [1.54, 1.807) is 24.3 Å². The second-order valence-electron chi connectivity index (χ2n) is 6.55. The minimum absolute atomic E-state index is 0.129. The van der Waals surface area contributed by atoms with Crippen LogP contribution in [0.5, 0.6) is 0 Å². The Kier molecular flexibility index (Phi) is 5.62. The van der Waals surface area contributed by atoms with Crippen LogP contribution in [0.4, 0.5) is 0 Å². The number of nitrogens with zero attached hydrogens (tertiary/aromatic N) is 2. The summed E-state index contributed by atoms with van der Waals surface area (Å²) in [7, 11) is -3.55. The van der Waals surface area contributed by atoms with Crippen molar-refractivity contribution < 1.29 is 13.2 Å². The molecule has 24 heavy (non-hydrogen) atoms. The molecule has 0 bridgehead atoms. The van der Waals surface area contributed by atoms with Gasteiger partial charge in [0, 0.05) is 30.7 Å². The van der Waals surface area contributed by atoms with E-state index in [9.17, 15) is 13.2 Å². The molecular formula is C17H23BrN2O3S. The maximum absolute atomic E-state index is 12.9. The molecule has 2 saturated heterocycles. The maximum Gasteiger partial charge on any atom is 0.243 e. The topological polar surface area (TPSA) is 57.7 Å². The predicted molar refractivity (Wildman–Crippen MR) is 96.1 cm³/mol. The quantitative estimate of drug-likeness (QED) is 0.763. The third-order valence-electron chi connectivity index (χ3n) is 4.83. The molecule has 1 aromatic rings. The van der Waals surface area contributed by atoms with Gasteiger partial charge in [0.05, 0.1) is 10.8 Å². The fraction of sp³-hybridized carbons (Fsp3) is 0.588. The van der Waals surface area contributed by atoms with Crippen molar-refractivity contribution in [3.8, 4) is 0 Å². The molecule has 0 saturated carbocycles. The average Bonchev–Trinajstić information content (AvgIpc) is 2.62. The molecule has 1 amide bonds. The van der Waals surface area contributed by atoms with Crippen molar-refractivity contribution in [3.05, 3.63) is 28.7 Å². The van der Waals surface area contributed by atoms with Gasteiger partial charge in [0.25, 0.3) is 0 Å². The number of hydrogen-bond acceptors (Lipinski definition) is 3. The minimum atomic E-state index is -3.55. The smallest absolute Gasteiger partial charge is 0.243 e. The molecule has 1 atom stereocenters. The predicted octanol–water partition coefficient (Wildman–Crippen LogP) is 2.86. The summed E-state index contributed by atoms with van der Waals surface area (Å²) in [6, 6.07) is 6.75. The molecule has 0 aromatic heterocycles. The zero-order valence-electron chi connectivity index (χ0n) is 13.7. The average molecular weight is 415 g/mol. The first-order valence-corrected chi connectivity index (χ1v) is 10.8. The molecule has 1 unspecified atom stereocenters. The number of benzene rings is 1. The lowest BCUT2D eigenvalue weighted by Crippen LogP contribution is -2.47. The van der Waals surface area contributed by atoms with Crippen LogP contribution in [0.1, 0.15) is 32.1 Å². The molecule has 3 rings (SSSR count). The van der Waals surface area contributed by atoms with E-state index in [1.165, 1.54) is 10.7 Å². The highest BCUT2D eigenvalue weighted by Crippen LogP contribution is 2.27. The Morgan fingerprint density at radius 1 is 1.08 bits per heavy atom. The van der Waals surface area contributed by atoms with Crippen LogP contribution >= 0.6 is 15.9 Å². The van der Waals surface area contributed by atoms with Gasteiger partial charge in [-0.05, 0) is 50.3 Å². The van der Waals surface area contributed by atoms with Crippen LogP contribution in [0, 0.1) is 5.92 Å². The second-order valence-corrected chi connectivity index (χ2v) is 9.40. The standard InChI is InChI=1S/C17H23BrN2O3S/c18-15-7-4-8-16(12-15)24(22,23)20-11-5-6-14(13-20)17(21)19-9-2-1-3-10-19/h4,7-8,12,14H,1-3,5-6,9-11,13H2. The molecule has 0 aliphatic carbocycles. The van der Waals surface area contributed by atoms with E-state index in [0.717, 1.165) is 43.2 Å². The molecule has 0 radical (unpaired) electrons. The van der Waals surface area contributed by atoms with Crippen LogP contribution in [0.15, 0.2) is 33.6 Å². The fourth-order valence-electron chi connectivity index (χ4n) is 3.51. The van der Waals surface area contributed by atoms with Crippen molar-refractivity contribution in [2.24, 2.45) is 5.92 Å². The first kappa shape index (κ1) is 17.9. The Bertz CT molecular complexity index is 702. The van der Waals surface area contributed by atoms with Crippen molar-refractivity contribution >= 4 is 31.9 Å². The molecule has 1 aromatic carbocycles. The summed E-state index contributed by atoms with van der Waals surface area (Å²) >= 11 is 3.32. The van der Waals surface area contributed by atoms with Gasteiger partial charge in [0.2, 0.25) is 15.9 Å². The highest BCUT2D eigenvalue weighted by atomic mass is 79.9. The van der Waals surface area contributed by atoms with E-state index in [-0.39, 0.29) is 16.7 Å². The highest BCUT2D eigenvalue weighted by Gasteiger charge is 2.35. The van der Waals surface area contributed by atoms with E-state index >= 15 is 0 Å². The number of hydrogen-bond donors (Lipinski definition) is 0. The Morgan fingerprint density at radius 3 is 2.54 bits per heavy atom. The molecule has 0 spiro atoms. The van der Waals surface area contributed by atoms with Gasteiger partial charge < -0.3 is 4.90 Å². The van der Waals surface area contributed by atoms with Gasteiger partial charge in [-0.1, -0.05) is 22.0 Å². The van der Waals surface area contributed by atoms with Gasteiger partial charge >= 0.3 is 0 Å². The molecule has 7 heteroatoms. The van der Waals surface area contributed by atoms with Crippen LogP contribution in [-0.4, -0.2) is 49.7 Å². The lowest BCUT2D eigenvalue weighted by Gasteiger charge is -2.35. The fourth-order valence-corrected chi connectivity index (χ4v) is 5.63. The number of halogens is 1. The number of sulfonamides is 1. The lowest BCUT2D eigenvalue weighted by atomic mass is 9.97. The zero-order chi connectivity index (χ0) is 17.2. The Balaban J connectivity index is 1.74. The van der Waals surface area contributed by atoms with Gasteiger partial charge in [-0.15, -0.1) is 0 Å². The third kappa shape index (κ3) is 3.83. The van der Waals surface area contributed by atoms with Crippen LogP contribution in [-0.2, 0) is 14.8 Å². The van der Waals surface area contributed by atoms with E-state index in [4.69, 9.17) is 0 Å². The van der Waals surface area contributed by atoms with E-state index in [1.807, 2.05) is 4.90 Å². The van der Waals surface area contributed by atoms with Crippen molar-refractivity contribution in [1.29, 1.82) is 0 Å². The monoisotopic (exact) mass is 414 g/mol. The van der Waals surface area contributed by atoms with E-state index < -0.39 is 10.0 Å². The van der Waals surface area contributed by atoms with E-state index in [2.05, 4.69) is 15.9 Å². The number of piperidine rings is 2. The molecular weight excluding hydrogens is 392 g/mol.